The minimum atomic E-state index is -0.225. The summed E-state index contributed by atoms with van der Waals surface area (Å²) in [5.41, 5.74) is 2.26. The molecular weight excluding hydrogens is 460 g/mol. The van der Waals surface area contributed by atoms with Crippen LogP contribution in [0.15, 0.2) is 40.9 Å². The third kappa shape index (κ3) is 4.56. The molecule has 4 rings (SSSR count). The number of carbonyl (C=O) groups excluding carboxylic acids is 3. The first-order valence-corrected chi connectivity index (χ1v) is 10.7. The van der Waals surface area contributed by atoms with Gasteiger partial charge in [0.1, 0.15) is 13.2 Å². The van der Waals surface area contributed by atoms with Crippen LogP contribution in [-0.2, 0) is 22.6 Å². The van der Waals surface area contributed by atoms with Crippen LogP contribution in [0.1, 0.15) is 11.1 Å². The van der Waals surface area contributed by atoms with Crippen LogP contribution in [0.2, 0.25) is 0 Å². The Morgan fingerprint density at radius 1 is 1.10 bits per heavy atom. The Morgan fingerprint density at radius 2 is 1.79 bits per heavy atom. The van der Waals surface area contributed by atoms with Gasteiger partial charge >= 0.3 is 0 Å². The van der Waals surface area contributed by atoms with E-state index in [2.05, 4.69) is 21.2 Å². The van der Waals surface area contributed by atoms with Crippen molar-refractivity contribution < 1.29 is 23.9 Å². The van der Waals surface area contributed by atoms with E-state index in [1.807, 2.05) is 12.1 Å². The molecule has 29 heavy (non-hydrogen) atoms. The number of amides is 3. The second-order valence-electron chi connectivity index (χ2n) is 6.54. The number of thioether (sulfide) groups is 1. The van der Waals surface area contributed by atoms with E-state index in [4.69, 9.17) is 9.47 Å². The largest absolute Gasteiger partial charge is 0.486 e. The lowest BCUT2D eigenvalue weighted by Gasteiger charge is -2.20. The summed E-state index contributed by atoms with van der Waals surface area (Å²) in [5.74, 6) is 1.15. The summed E-state index contributed by atoms with van der Waals surface area (Å²) in [6.45, 7) is 1.23. The van der Waals surface area contributed by atoms with Gasteiger partial charge in [0.05, 0.1) is 18.7 Å². The van der Waals surface area contributed by atoms with Crippen LogP contribution in [0.25, 0.3) is 0 Å². The van der Waals surface area contributed by atoms with Gasteiger partial charge in [-0.25, -0.2) is 0 Å². The highest BCUT2D eigenvalue weighted by molar-refractivity contribution is 9.10. The van der Waals surface area contributed by atoms with Crippen LogP contribution < -0.4 is 14.8 Å². The second kappa shape index (κ2) is 8.46. The Kier molecular flexibility index (Phi) is 5.77. The molecule has 2 aliphatic heterocycles. The van der Waals surface area contributed by atoms with Crippen LogP contribution in [0.5, 0.6) is 11.5 Å². The summed E-state index contributed by atoms with van der Waals surface area (Å²) in [5, 5.41) is 2.63. The lowest BCUT2D eigenvalue weighted by Crippen LogP contribution is -2.27. The number of ether oxygens (including phenoxy) is 2. The summed E-state index contributed by atoms with van der Waals surface area (Å²) in [7, 11) is 0. The lowest BCUT2D eigenvalue weighted by molar-refractivity contribution is -0.125. The SMILES string of the molecule is O=C(Cc1cc2c(cc1Br)OCCO2)Nc1ccc(CN2C(=O)CSC2=O)cc1. The van der Waals surface area contributed by atoms with Gasteiger partial charge in [-0.05, 0) is 35.4 Å². The second-order valence-corrected chi connectivity index (χ2v) is 8.32. The molecule has 2 aromatic rings. The molecular formula is C20H17BrN2O5S. The van der Waals surface area contributed by atoms with Crippen molar-refractivity contribution in [3.8, 4) is 11.5 Å². The van der Waals surface area contributed by atoms with Crippen molar-refractivity contribution in [3.05, 3.63) is 52.0 Å². The molecule has 0 saturated carbocycles. The fourth-order valence-corrected chi connectivity index (χ4v) is 4.22. The molecule has 0 aromatic heterocycles. The standard InChI is InChI=1S/C20H17BrN2O5S/c21-15-9-17-16(27-5-6-28-17)7-13(15)8-18(24)22-14-3-1-12(2-4-14)10-23-19(25)11-29-20(23)26/h1-4,7,9H,5-6,8,10-11H2,(H,22,24). The molecule has 1 saturated heterocycles. The maximum atomic E-state index is 12.4. The minimum absolute atomic E-state index is 0.170. The molecule has 1 N–H and O–H groups in total. The van der Waals surface area contributed by atoms with Gasteiger partial charge in [-0.15, -0.1) is 0 Å². The number of nitrogens with one attached hydrogen (secondary N) is 1. The highest BCUT2D eigenvalue weighted by Crippen LogP contribution is 2.35. The first kappa shape index (κ1) is 19.8. The maximum absolute atomic E-state index is 12.4. The maximum Gasteiger partial charge on any atom is 0.289 e. The fourth-order valence-electron chi connectivity index (χ4n) is 3.03. The topological polar surface area (TPSA) is 84.9 Å². The zero-order valence-corrected chi connectivity index (χ0v) is 17.7. The molecule has 1 fully saturated rings. The van der Waals surface area contributed by atoms with Gasteiger partial charge in [0.25, 0.3) is 5.24 Å². The van der Waals surface area contributed by atoms with E-state index in [9.17, 15) is 14.4 Å². The van der Waals surface area contributed by atoms with E-state index in [-0.39, 0.29) is 35.8 Å². The van der Waals surface area contributed by atoms with Crippen molar-refractivity contribution in [1.82, 2.24) is 4.90 Å². The molecule has 150 valence electrons. The summed E-state index contributed by atoms with van der Waals surface area (Å²) in [6.07, 6.45) is 0.174. The van der Waals surface area contributed by atoms with E-state index in [1.54, 1.807) is 24.3 Å². The van der Waals surface area contributed by atoms with Gasteiger partial charge in [-0.3, -0.25) is 19.3 Å². The number of benzene rings is 2. The molecule has 0 spiro atoms. The van der Waals surface area contributed by atoms with E-state index < -0.39 is 0 Å². The van der Waals surface area contributed by atoms with Crippen LogP contribution in [0, 0.1) is 0 Å². The number of imide groups is 1. The van der Waals surface area contributed by atoms with E-state index >= 15 is 0 Å². The van der Waals surface area contributed by atoms with Crippen LogP contribution >= 0.6 is 27.7 Å². The number of halogens is 1. The number of carbonyl (C=O) groups is 3. The van der Waals surface area contributed by atoms with E-state index in [0.717, 1.165) is 27.4 Å². The fraction of sp³-hybridized carbons (Fsp3) is 0.250. The Morgan fingerprint density at radius 3 is 2.45 bits per heavy atom. The Balaban J connectivity index is 1.37. The van der Waals surface area contributed by atoms with Crippen molar-refractivity contribution in [2.24, 2.45) is 0 Å². The number of fused-ring (bicyclic) bond motifs is 1. The van der Waals surface area contributed by atoms with Gasteiger partial charge in [-0.1, -0.05) is 39.8 Å². The highest BCUT2D eigenvalue weighted by Gasteiger charge is 2.29. The normalized spacial score (nSPS) is 15.6. The third-order valence-corrected chi connectivity index (χ3v) is 6.08. The minimum Gasteiger partial charge on any atom is -0.486 e. The summed E-state index contributed by atoms with van der Waals surface area (Å²) >= 11 is 4.49. The average molecular weight is 477 g/mol. The van der Waals surface area contributed by atoms with Gasteiger partial charge < -0.3 is 14.8 Å². The highest BCUT2D eigenvalue weighted by atomic mass is 79.9. The average Bonchev–Trinajstić information content (AvgIpc) is 3.02. The lowest BCUT2D eigenvalue weighted by atomic mass is 10.1. The Labute approximate surface area is 179 Å². The van der Waals surface area contributed by atoms with E-state index in [0.29, 0.717) is 30.4 Å². The third-order valence-electron chi connectivity index (χ3n) is 4.48. The summed E-state index contributed by atoms with van der Waals surface area (Å²) in [6, 6.07) is 10.7. The zero-order valence-electron chi connectivity index (χ0n) is 15.3. The van der Waals surface area contributed by atoms with Gasteiger partial charge in [0.2, 0.25) is 11.8 Å². The van der Waals surface area contributed by atoms with Crippen molar-refractivity contribution in [3.63, 3.8) is 0 Å². The van der Waals surface area contributed by atoms with Gasteiger partial charge in [0.15, 0.2) is 11.5 Å². The van der Waals surface area contributed by atoms with E-state index in [1.165, 1.54) is 4.90 Å². The van der Waals surface area contributed by atoms with Gasteiger partial charge in [-0.2, -0.15) is 0 Å². The van der Waals surface area contributed by atoms with Crippen LogP contribution in [0.3, 0.4) is 0 Å². The number of nitrogens with zero attached hydrogens (tertiary/aromatic N) is 1. The molecule has 0 bridgehead atoms. The smallest absolute Gasteiger partial charge is 0.289 e. The van der Waals surface area contributed by atoms with Crippen molar-refractivity contribution in [2.45, 2.75) is 13.0 Å². The van der Waals surface area contributed by atoms with Crippen LogP contribution in [-0.4, -0.2) is 40.9 Å². The Bertz CT molecular complexity index is 964. The zero-order chi connectivity index (χ0) is 20.4. The molecule has 0 radical (unpaired) electrons. The summed E-state index contributed by atoms with van der Waals surface area (Å²) in [4.78, 5) is 37.1. The molecule has 0 unspecified atom stereocenters. The number of anilines is 1. The van der Waals surface area contributed by atoms with Crippen molar-refractivity contribution in [1.29, 1.82) is 0 Å². The molecule has 0 atom stereocenters. The predicted octanol–water partition coefficient (Wildman–Crippen LogP) is 3.60. The first-order chi connectivity index (χ1) is 14.0. The molecule has 2 heterocycles. The van der Waals surface area contributed by atoms with Gasteiger partial charge in [0, 0.05) is 10.2 Å². The van der Waals surface area contributed by atoms with Crippen LogP contribution in [0.4, 0.5) is 10.5 Å². The molecule has 2 aliphatic rings. The number of rotatable bonds is 5. The predicted molar refractivity (Wildman–Crippen MR) is 112 cm³/mol. The monoisotopic (exact) mass is 476 g/mol. The molecule has 9 heteroatoms. The quantitative estimate of drug-likeness (QED) is 0.709. The molecule has 0 aliphatic carbocycles. The Hall–Kier alpha value is -2.52. The molecule has 7 nitrogen and oxygen atoms in total. The molecule has 2 aromatic carbocycles. The van der Waals surface area contributed by atoms with Crippen molar-refractivity contribution >= 4 is 50.4 Å². The number of hydrogen-bond acceptors (Lipinski definition) is 6. The molecule has 3 amide bonds. The van der Waals surface area contributed by atoms with Crippen molar-refractivity contribution in [2.75, 3.05) is 24.3 Å². The number of hydrogen-bond donors (Lipinski definition) is 1. The summed E-state index contributed by atoms with van der Waals surface area (Å²) < 4.78 is 11.9. The first-order valence-electron chi connectivity index (χ1n) is 8.93.